The molecule has 4 aliphatic heterocycles. The van der Waals surface area contributed by atoms with E-state index in [1.807, 2.05) is 57.7 Å². The lowest BCUT2D eigenvalue weighted by atomic mass is 9.76. The van der Waals surface area contributed by atoms with Gasteiger partial charge in [0.25, 0.3) is 0 Å². The number of nitrogens with two attached hydrogens (primary N) is 1. The number of fused-ring (bicyclic) bond motifs is 3. The molecule has 2 bridgehead atoms. The van der Waals surface area contributed by atoms with Gasteiger partial charge >= 0.3 is 5.69 Å². The van der Waals surface area contributed by atoms with E-state index >= 15 is 0 Å². The number of para-hydroxylation sites is 2. The molecule has 9 nitrogen and oxygen atoms in total. The maximum absolute atomic E-state index is 14.2. The van der Waals surface area contributed by atoms with Crippen LogP contribution in [0, 0.1) is 24.7 Å². The summed E-state index contributed by atoms with van der Waals surface area (Å²) in [4.78, 5) is 50.3. The Hall–Kier alpha value is -3.30. The Balaban J connectivity index is 1.01. The molecule has 252 valence electrons. The van der Waals surface area contributed by atoms with Gasteiger partial charge in [0.1, 0.15) is 0 Å². The average Bonchev–Trinajstić information content (AvgIpc) is 3.49. The summed E-state index contributed by atoms with van der Waals surface area (Å²) in [5, 5.41) is 0.486. The highest BCUT2D eigenvalue weighted by molar-refractivity contribution is 6.33. The van der Waals surface area contributed by atoms with E-state index in [-0.39, 0.29) is 30.0 Å². The summed E-state index contributed by atoms with van der Waals surface area (Å²) in [7, 11) is 2.30. The van der Waals surface area contributed by atoms with Crippen molar-refractivity contribution in [3.05, 3.63) is 63.0 Å². The molecule has 7 rings (SSSR count). The summed E-state index contributed by atoms with van der Waals surface area (Å²) in [6.07, 6.45) is 9.37. The molecular weight excluding hydrogens is 612 g/mol. The van der Waals surface area contributed by atoms with Crippen molar-refractivity contribution in [3.63, 3.8) is 0 Å². The number of nitrogens with one attached hydrogen (secondary N) is 1. The van der Waals surface area contributed by atoms with Crippen LogP contribution in [0.1, 0.15) is 75.0 Å². The number of hydrogen-bond donors (Lipinski definition) is 2. The maximum Gasteiger partial charge on any atom is 0.326 e. The molecule has 4 saturated heterocycles. The number of imidazole rings is 1. The van der Waals surface area contributed by atoms with E-state index in [0.29, 0.717) is 49.0 Å². The van der Waals surface area contributed by atoms with Gasteiger partial charge in [0.2, 0.25) is 11.8 Å². The molecule has 3 atom stereocenters. The third-order valence-corrected chi connectivity index (χ3v) is 12.4. The molecule has 0 saturated carbocycles. The van der Waals surface area contributed by atoms with Crippen LogP contribution >= 0.6 is 11.6 Å². The number of carbonyl (C=O) groups is 2. The van der Waals surface area contributed by atoms with Crippen LogP contribution in [0.25, 0.3) is 11.0 Å². The Morgan fingerprint density at radius 3 is 2.26 bits per heavy atom. The van der Waals surface area contributed by atoms with Gasteiger partial charge in [-0.3, -0.25) is 14.2 Å². The minimum absolute atomic E-state index is 0.00280. The number of hydrogen-bond acceptors (Lipinski definition) is 5. The van der Waals surface area contributed by atoms with Gasteiger partial charge in [0, 0.05) is 50.7 Å². The summed E-state index contributed by atoms with van der Waals surface area (Å²) >= 11 is 6.46. The van der Waals surface area contributed by atoms with Crippen molar-refractivity contribution < 1.29 is 9.59 Å². The fraction of sp³-hybridized carbons (Fsp3) is 0.595. The highest BCUT2D eigenvalue weighted by Crippen LogP contribution is 2.43. The molecule has 2 unspecified atom stereocenters. The average molecular weight is 661 g/mol. The lowest BCUT2D eigenvalue weighted by Gasteiger charge is -2.43. The lowest BCUT2D eigenvalue weighted by Crippen LogP contribution is -2.47. The fourth-order valence-corrected chi connectivity index (χ4v) is 9.60. The zero-order valence-corrected chi connectivity index (χ0v) is 28.6. The molecule has 4 fully saturated rings. The standard InChI is InChI=1S/C37H49ClN6O3/c1-23-17-24(19-31(38)35(23)39)18-27(36(46)43-13-9-25(10-14-43)26-20-29-7-8-30(21-26)41(29)2)22-34(45)42-15-11-28(12-16-42)44-33-6-4-3-5-32(33)40-37(44)47/h3-6,17,19,25-30H,7-16,18,20-22,39H2,1-2H3,(H,40,47)/t26?,27-,29?,30?/m0/s1. The van der Waals surface area contributed by atoms with Crippen molar-refractivity contribution in [2.75, 3.05) is 39.0 Å². The fourth-order valence-electron chi connectivity index (χ4n) is 9.31. The van der Waals surface area contributed by atoms with Gasteiger partial charge in [-0.05, 0) is 113 Å². The number of aromatic amines is 1. The van der Waals surface area contributed by atoms with Crippen molar-refractivity contribution in [1.82, 2.24) is 24.3 Å². The van der Waals surface area contributed by atoms with E-state index in [0.717, 1.165) is 66.1 Å². The van der Waals surface area contributed by atoms with Gasteiger partial charge in [-0.25, -0.2) is 4.79 Å². The second kappa shape index (κ2) is 13.3. The van der Waals surface area contributed by atoms with E-state index in [1.54, 1.807) is 0 Å². The van der Waals surface area contributed by atoms with Gasteiger partial charge in [-0.2, -0.15) is 0 Å². The first-order valence-electron chi connectivity index (χ1n) is 17.7. The van der Waals surface area contributed by atoms with Crippen molar-refractivity contribution in [1.29, 1.82) is 0 Å². The number of rotatable bonds is 7. The molecule has 5 heterocycles. The second-order valence-electron chi connectivity index (χ2n) is 14.8. The number of aromatic nitrogens is 2. The summed E-state index contributed by atoms with van der Waals surface area (Å²) in [6.45, 7) is 4.58. The molecule has 0 spiro atoms. The zero-order chi connectivity index (χ0) is 32.8. The monoisotopic (exact) mass is 660 g/mol. The minimum atomic E-state index is -0.466. The molecule has 2 amide bonds. The number of amides is 2. The van der Waals surface area contributed by atoms with E-state index in [9.17, 15) is 14.4 Å². The highest BCUT2D eigenvalue weighted by atomic mass is 35.5. The Kier molecular flexibility index (Phi) is 9.13. The number of halogens is 1. The predicted octanol–water partition coefficient (Wildman–Crippen LogP) is 5.40. The number of aryl methyl sites for hydroxylation is 1. The number of nitrogens with zero attached hydrogens (tertiary/aromatic N) is 4. The number of nitrogen functional groups attached to an aromatic ring is 1. The van der Waals surface area contributed by atoms with Gasteiger partial charge in [0.15, 0.2) is 0 Å². The first-order chi connectivity index (χ1) is 22.7. The summed E-state index contributed by atoms with van der Waals surface area (Å²) in [5.74, 6) is 1.06. The molecule has 10 heteroatoms. The van der Waals surface area contributed by atoms with Crippen LogP contribution < -0.4 is 11.4 Å². The lowest BCUT2D eigenvalue weighted by molar-refractivity contribution is -0.143. The molecule has 0 radical (unpaired) electrons. The number of anilines is 1. The topological polar surface area (TPSA) is 108 Å². The number of likely N-dealkylation sites (tertiary alicyclic amines) is 2. The third-order valence-electron chi connectivity index (χ3n) is 12.1. The Labute approximate surface area is 282 Å². The Morgan fingerprint density at radius 1 is 0.915 bits per heavy atom. The normalized spacial score (nSPS) is 25.0. The molecule has 3 N–H and O–H groups in total. The molecular formula is C37H49ClN6O3. The number of piperidine rings is 3. The van der Waals surface area contributed by atoms with Crippen LogP contribution in [0.3, 0.4) is 0 Å². The van der Waals surface area contributed by atoms with E-state index in [2.05, 4.69) is 16.9 Å². The largest absolute Gasteiger partial charge is 0.397 e. The molecule has 3 aromatic rings. The van der Waals surface area contributed by atoms with Crippen LogP contribution in [-0.2, 0) is 16.0 Å². The van der Waals surface area contributed by atoms with Crippen molar-refractivity contribution in [2.24, 2.45) is 17.8 Å². The minimum Gasteiger partial charge on any atom is -0.397 e. The summed E-state index contributed by atoms with van der Waals surface area (Å²) in [5.41, 5.74) is 10.1. The van der Waals surface area contributed by atoms with Crippen LogP contribution in [-0.4, -0.2) is 81.4 Å². The maximum atomic E-state index is 14.2. The van der Waals surface area contributed by atoms with Crippen molar-refractivity contribution in [2.45, 2.75) is 89.3 Å². The number of H-pyrrole nitrogens is 1. The smallest absolute Gasteiger partial charge is 0.326 e. The Morgan fingerprint density at radius 2 is 1.57 bits per heavy atom. The van der Waals surface area contributed by atoms with Crippen molar-refractivity contribution in [3.8, 4) is 0 Å². The molecule has 0 aliphatic carbocycles. The first-order valence-corrected chi connectivity index (χ1v) is 18.1. The van der Waals surface area contributed by atoms with Crippen LogP contribution in [0.5, 0.6) is 0 Å². The van der Waals surface area contributed by atoms with Gasteiger partial charge in [0.05, 0.1) is 27.7 Å². The molecule has 4 aliphatic rings. The van der Waals surface area contributed by atoms with Crippen LogP contribution in [0.15, 0.2) is 41.2 Å². The third kappa shape index (κ3) is 6.45. The van der Waals surface area contributed by atoms with E-state index < -0.39 is 5.92 Å². The quantitative estimate of drug-likeness (QED) is 0.330. The second-order valence-corrected chi connectivity index (χ2v) is 15.2. The van der Waals surface area contributed by atoms with Gasteiger partial charge in [-0.15, -0.1) is 0 Å². The first kappa shape index (κ1) is 32.3. The van der Waals surface area contributed by atoms with Crippen LogP contribution in [0.4, 0.5) is 5.69 Å². The van der Waals surface area contributed by atoms with Crippen molar-refractivity contribution >= 4 is 40.1 Å². The molecule has 2 aromatic carbocycles. The van der Waals surface area contributed by atoms with E-state index in [1.165, 1.54) is 25.7 Å². The number of benzene rings is 2. The summed E-state index contributed by atoms with van der Waals surface area (Å²) in [6, 6.07) is 13.1. The molecule has 47 heavy (non-hydrogen) atoms. The summed E-state index contributed by atoms with van der Waals surface area (Å²) < 4.78 is 1.84. The molecule has 1 aromatic heterocycles. The van der Waals surface area contributed by atoms with Crippen LogP contribution in [0.2, 0.25) is 5.02 Å². The Bertz CT molecular complexity index is 1650. The zero-order valence-electron chi connectivity index (χ0n) is 27.8. The highest BCUT2D eigenvalue weighted by Gasteiger charge is 2.42. The predicted molar refractivity (Wildman–Crippen MR) is 186 cm³/mol. The van der Waals surface area contributed by atoms with E-state index in [4.69, 9.17) is 17.3 Å². The van der Waals surface area contributed by atoms with Gasteiger partial charge < -0.3 is 25.4 Å². The van der Waals surface area contributed by atoms with Gasteiger partial charge in [-0.1, -0.05) is 29.8 Å². The SMILES string of the molecule is Cc1cc(C[C@@H](CC(=O)N2CCC(n3c(=O)[nH]c4ccccc43)CC2)C(=O)N2CCC(C3CC4CCC(C3)N4C)CC2)cc(Cl)c1N. The number of carbonyl (C=O) groups excluding carboxylic acids is 2.